The molecule has 0 radical (unpaired) electrons. The highest BCUT2D eigenvalue weighted by Gasteiger charge is 2.33. The summed E-state index contributed by atoms with van der Waals surface area (Å²) >= 11 is 0. The number of carbonyl (C=O) groups is 1. The maximum atomic E-state index is 11.3. The van der Waals surface area contributed by atoms with Gasteiger partial charge >= 0.3 is 5.97 Å². The molecular weight excluding hydrogens is 426 g/mol. The molecule has 2 aromatic carbocycles. The minimum atomic E-state index is -0.738. The lowest BCUT2D eigenvalue weighted by Gasteiger charge is -2.17. The third kappa shape index (κ3) is 5.96. The second kappa shape index (κ2) is 10.7. The Kier molecular flexibility index (Phi) is 7.51. The fraction of sp³-hybridized carbons (Fsp3) is 0.379. The number of pyridine rings is 1. The van der Waals surface area contributed by atoms with Crippen LogP contribution in [0, 0.1) is 11.8 Å². The molecule has 4 rings (SSSR count). The van der Waals surface area contributed by atoms with E-state index in [1.165, 1.54) is 0 Å². The highest BCUT2D eigenvalue weighted by molar-refractivity contribution is 5.70. The van der Waals surface area contributed by atoms with Crippen molar-refractivity contribution in [2.75, 3.05) is 7.11 Å². The summed E-state index contributed by atoms with van der Waals surface area (Å²) in [5.74, 6) is 1.82. The Bertz CT molecular complexity index is 1140. The molecule has 0 saturated heterocycles. The quantitative estimate of drug-likeness (QED) is 0.354. The van der Waals surface area contributed by atoms with Gasteiger partial charge in [0.2, 0.25) is 0 Å². The molecule has 178 valence electrons. The van der Waals surface area contributed by atoms with E-state index in [4.69, 9.17) is 14.5 Å². The average molecular weight is 460 g/mol. The number of benzene rings is 2. The Morgan fingerprint density at radius 1 is 1.12 bits per heavy atom. The van der Waals surface area contributed by atoms with Gasteiger partial charge in [0, 0.05) is 5.56 Å². The topological polar surface area (TPSA) is 68.7 Å². The standard InChI is InChI=1S/C29H33NO4/c1-19(2)13-23-15-24(17-30-29(23)25-9-4-5-10-27(25)33-3)34-18-20-7-6-8-22(14-20)26(16-28(31)32)21-11-12-21/h4-10,14-15,17,19,21,26H,11-13,16,18H2,1-3H3,(H,31,32). The Labute approximate surface area is 201 Å². The molecule has 0 spiro atoms. The van der Waals surface area contributed by atoms with Crippen LogP contribution in [0.25, 0.3) is 11.3 Å². The van der Waals surface area contributed by atoms with Gasteiger partial charge in [-0.3, -0.25) is 9.78 Å². The zero-order chi connectivity index (χ0) is 24.1. The molecule has 1 fully saturated rings. The maximum Gasteiger partial charge on any atom is 0.303 e. The highest BCUT2D eigenvalue weighted by atomic mass is 16.5. The zero-order valence-corrected chi connectivity index (χ0v) is 20.2. The molecule has 1 unspecified atom stereocenters. The first-order valence-corrected chi connectivity index (χ1v) is 12.0. The van der Waals surface area contributed by atoms with Gasteiger partial charge in [-0.05, 0) is 71.9 Å². The highest BCUT2D eigenvalue weighted by Crippen LogP contribution is 2.44. The summed E-state index contributed by atoms with van der Waals surface area (Å²) in [6, 6.07) is 18.2. The number of carboxylic acid groups (broad SMARTS) is 1. The fourth-order valence-electron chi connectivity index (χ4n) is 4.57. The summed E-state index contributed by atoms with van der Waals surface area (Å²) in [6.45, 7) is 4.80. The van der Waals surface area contributed by atoms with E-state index in [0.717, 1.165) is 58.7 Å². The lowest BCUT2D eigenvalue weighted by molar-refractivity contribution is -0.137. The van der Waals surface area contributed by atoms with Gasteiger partial charge in [0.05, 0.1) is 25.4 Å². The van der Waals surface area contributed by atoms with Crippen LogP contribution < -0.4 is 9.47 Å². The van der Waals surface area contributed by atoms with E-state index in [-0.39, 0.29) is 12.3 Å². The predicted molar refractivity (Wildman–Crippen MR) is 133 cm³/mol. The van der Waals surface area contributed by atoms with E-state index in [1.54, 1.807) is 13.3 Å². The first-order chi connectivity index (χ1) is 16.4. The molecule has 1 heterocycles. The molecule has 1 atom stereocenters. The van der Waals surface area contributed by atoms with Crippen LogP contribution in [0.4, 0.5) is 0 Å². The molecule has 3 aromatic rings. The van der Waals surface area contributed by atoms with Crippen molar-refractivity contribution >= 4 is 5.97 Å². The molecule has 1 aromatic heterocycles. The van der Waals surface area contributed by atoms with E-state index >= 15 is 0 Å². The predicted octanol–water partition coefficient (Wildman–Crippen LogP) is 6.50. The summed E-state index contributed by atoms with van der Waals surface area (Å²) in [5.41, 5.74) is 5.15. The van der Waals surface area contributed by atoms with Crippen LogP contribution in [0.2, 0.25) is 0 Å². The fourth-order valence-corrected chi connectivity index (χ4v) is 4.57. The molecule has 1 aliphatic carbocycles. The lowest BCUT2D eigenvalue weighted by atomic mass is 9.90. The Hall–Kier alpha value is -3.34. The average Bonchev–Trinajstić information content (AvgIpc) is 3.66. The largest absolute Gasteiger partial charge is 0.496 e. The van der Waals surface area contributed by atoms with Gasteiger partial charge in [-0.15, -0.1) is 0 Å². The van der Waals surface area contributed by atoms with Gasteiger partial charge in [-0.2, -0.15) is 0 Å². The van der Waals surface area contributed by atoms with Crippen LogP contribution in [-0.2, 0) is 17.8 Å². The van der Waals surface area contributed by atoms with Crippen LogP contribution in [0.5, 0.6) is 11.5 Å². The van der Waals surface area contributed by atoms with Gasteiger partial charge in [0.25, 0.3) is 0 Å². The van der Waals surface area contributed by atoms with Crippen LogP contribution in [-0.4, -0.2) is 23.2 Å². The van der Waals surface area contributed by atoms with E-state index in [1.807, 2.05) is 42.5 Å². The molecule has 5 heteroatoms. The van der Waals surface area contributed by atoms with Crippen molar-refractivity contribution in [2.24, 2.45) is 11.8 Å². The third-order valence-electron chi connectivity index (χ3n) is 6.30. The van der Waals surface area contributed by atoms with Crippen LogP contribution in [0.1, 0.15) is 55.7 Å². The lowest BCUT2D eigenvalue weighted by Crippen LogP contribution is -2.09. The van der Waals surface area contributed by atoms with Gasteiger partial charge in [-0.25, -0.2) is 0 Å². The zero-order valence-electron chi connectivity index (χ0n) is 20.2. The van der Waals surface area contributed by atoms with Gasteiger partial charge in [0.15, 0.2) is 0 Å². The van der Waals surface area contributed by atoms with Gasteiger partial charge in [0.1, 0.15) is 18.1 Å². The summed E-state index contributed by atoms with van der Waals surface area (Å²) in [7, 11) is 1.68. The second-order valence-electron chi connectivity index (χ2n) is 9.55. The first kappa shape index (κ1) is 23.8. The summed E-state index contributed by atoms with van der Waals surface area (Å²) in [6.07, 6.45) is 5.06. The third-order valence-corrected chi connectivity index (χ3v) is 6.30. The van der Waals surface area contributed by atoms with Crippen molar-refractivity contribution in [2.45, 2.75) is 52.1 Å². The molecule has 34 heavy (non-hydrogen) atoms. The minimum absolute atomic E-state index is 0.0805. The number of aliphatic carboxylic acids is 1. The normalized spacial score (nSPS) is 14.1. The molecule has 0 amide bonds. The van der Waals surface area contributed by atoms with Crippen molar-refractivity contribution in [1.82, 2.24) is 4.98 Å². The van der Waals surface area contributed by atoms with Crippen LogP contribution >= 0.6 is 0 Å². The summed E-state index contributed by atoms with van der Waals surface area (Å²) in [5, 5.41) is 9.33. The van der Waals surface area contributed by atoms with Crippen molar-refractivity contribution in [3.63, 3.8) is 0 Å². The SMILES string of the molecule is COc1ccccc1-c1ncc(OCc2cccc(C(CC(=O)O)C3CC3)c2)cc1CC(C)C. The number of hydrogen-bond acceptors (Lipinski definition) is 4. The number of para-hydroxylation sites is 1. The summed E-state index contributed by atoms with van der Waals surface area (Å²) < 4.78 is 11.7. The molecule has 1 N–H and O–H groups in total. The maximum absolute atomic E-state index is 11.3. The van der Waals surface area contributed by atoms with E-state index in [0.29, 0.717) is 18.4 Å². The number of carboxylic acids is 1. The van der Waals surface area contributed by atoms with E-state index < -0.39 is 5.97 Å². The Morgan fingerprint density at radius 2 is 1.91 bits per heavy atom. The number of hydrogen-bond donors (Lipinski definition) is 1. The van der Waals surface area contributed by atoms with Crippen molar-refractivity contribution in [3.05, 3.63) is 77.5 Å². The molecule has 0 aliphatic heterocycles. The molecule has 0 bridgehead atoms. The Morgan fingerprint density at radius 3 is 2.62 bits per heavy atom. The number of nitrogens with zero attached hydrogens (tertiary/aromatic N) is 1. The van der Waals surface area contributed by atoms with Crippen LogP contribution in [0.3, 0.4) is 0 Å². The van der Waals surface area contributed by atoms with Crippen LogP contribution in [0.15, 0.2) is 60.8 Å². The molecule has 1 aliphatic rings. The van der Waals surface area contributed by atoms with Gasteiger partial charge in [-0.1, -0.05) is 50.2 Å². The van der Waals surface area contributed by atoms with Gasteiger partial charge < -0.3 is 14.6 Å². The van der Waals surface area contributed by atoms with Crippen molar-refractivity contribution in [3.8, 4) is 22.8 Å². The molecule has 1 saturated carbocycles. The number of aromatic nitrogens is 1. The second-order valence-corrected chi connectivity index (χ2v) is 9.55. The monoisotopic (exact) mass is 459 g/mol. The first-order valence-electron chi connectivity index (χ1n) is 12.0. The smallest absolute Gasteiger partial charge is 0.303 e. The van der Waals surface area contributed by atoms with E-state index in [9.17, 15) is 9.90 Å². The number of ether oxygens (including phenoxy) is 2. The van der Waals surface area contributed by atoms with Crippen molar-refractivity contribution in [1.29, 1.82) is 0 Å². The molecular formula is C29H33NO4. The Balaban J connectivity index is 1.54. The number of methoxy groups -OCH3 is 1. The minimum Gasteiger partial charge on any atom is -0.496 e. The number of rotatable bonds is 11. The van der Waals surface area contributed by atoms with Crippen molar-refractivity contribution < 1.29 is 19.4 Å². The van der Waals surface area contributed by atoms with E-state index in [2.05, 4.69) is 26.0 Å². The molecule has 5 nitrogen and oxygen atoms in total. The summed E-state index contributed by atoms with van der Waals surface area (Å²) in [4.78, 5) is 16.1.